The quantitative estimate of drug-likeness (QED) is 0.486. The number of amides is 2. The van der Waals surface area contributed by atoms with E-state index in [-0.39, 0.29) is 11.8 Å². The molecule has 3 aromatic rings. The van der Waals surface area contributed by atoms with E-state index in [0.29, 0.717) is 16.4 Å². The van der Waals surface area contributed by atoms with Crippen molar-refractivity contribution in [2.45, 2.75) is 37.2 Å². The number of likely N-dealkylation sites (tertiary alicyclic amines) is 1. The maximum Gasteiger partial charge on any atom is 0.258 e. The lowest BCUT2D eigenvalue weighted by Gasteiger charge is -2.25. The molecule has 0 spiro atoms. The lowest BCUT2D eigenvalue weighted by atomic mass is 10.1. The number of hydrogen-bond acceptors (Lipinski definition) is 6. The lowest BCUT2D eigenvalue weighted by Crippen LogP contribution is -2.29. The summed E-state index contributed by atoms with van der Waals surface area (Å²) in [5.74, 6) is 0.321. The zero-order chi connectivity index (χ0) is 23.3. The van der Waals surface area contributed by atoms with Crippen molar-refractivity contribution in [2.75, 3.05) is 30.7 Å². The van der Waals surface area contributed by atoms with Crippen LogP contribution in [0.2, 0.25) is 0 Å². The summed E-state index contributed by atoms with van der Waals surface area (Å²) in [6.07, 6.45) is 3.05. The Morgan fingerprint density at radius 3 is 2.59 bits per heavy atom. The van der Waals surface area contributed by atoms with Gasteiger partial charge in [-0.25, -0.2) is 4.98 Å². The Balaban J connectivity index is 1.21. The number of fused-ring (bicyclic) bond motifs is 1. The van der Waals surface area contributed by atoms with Crippen molar-refractivity contribution in [3.8, 4) is 0 Å². The molecule has 0 saturated carbocycles. The van der Waals surface area contributed by atoms with Gasteiger partial charge < -0.3 is 4.90 Å². The Kier molecular flexibility index (Phi) is 7.27. The van der Waals surface area contributed by atoms with E-state index in [9.17, 15) is 9.59 Å². The third-order valence-electron chi connectivity index (χ3n) is 6.22. The number of thiazole rings is 1. The highest BCUT2D eigenvalue weighted by Gasteiger charge is 2.23. The van der Waals surface area contributed by atoms with Crippen LogP contribution in [0.3, 0.4) is 0 Å². The van der Waals surface area contributed by atoms with Gasteiger partial charge in [0.25, 0.3) is 5.91 Å². The van der Waals surface area contributed by atoms with Gasteiger partial charge in [0.05, 0.1) is 17.0 Å². The monoisotopic (exact) mass is 492 g/mol. The van der Waals surface area contributed by atoms with Crippen LogP contribution in [0.25, 0.3) is 0 Å². The number of nitrogens with one attached hydrogen (secondary N) is 1. The van der Waals surface area contributed by atoms with Gasteiger partial charge in [-0.1, -0.05) is 42.5 Å². The molecule has 2 aliphatic heterocycles. The van der Waals surface area contributed by atoms with Gasteiger partial charge in [-0.2, -0.15) is 0 Å². The lowest BCUT2D eigenvalue weighted by molar-refractivity contribution is -0.127. The first kappa shape index (κ1) is 23.1. The Morgan fingerprint density at radius 1 is 1.00 bits per heavy atom. The standard InChI is InChI=1S/C26H28N4O2S2/c31-24(30-13-6-7-14-30)18-33-22-11-5-4-10-20(22)25(32)28-26-27-21-12-15-29(17-23(21)34-26)16-19-8-2-1-3-9-19/h1-5,8-11H,6-7,12-18H2,(H,27,28,32). The van der Waals surface area contributed by atoms with E-state index < -0.39 is 0 Å². The summed E-state index contributed by atoms with van der Waals surface area (Å²) in [5.41, 5.74) is 2.98. The smallest absolute Gasteiger partial charge is 0.258 e. The van der Waals surface area contributed by atoms with Crippen molar-refractivity contribution in [1.82, 2.24) is 14.8 Å². The van der Waals surface area contributed by atoms with E-state index in [4.69, 9.17) is 4.98 Å². The van der Waals surface area contributed by atoms with Crippen LogP contribution in [0.5, 0.6) is 0 Å². The van der Waals surface area contributed by atoms with E-state index in [1.807, 2.05) is 35.2 Å². The average molecular weight is 493 g/mol. The summed E-state index contributed by atoms with van der Waals surface area (Å²) in [6, 6.07) is 18.0. The van der Waals surface area contributed by atoms with Crippen LogP contribution in [-0.4, -0.2) is 52.0 Å². The van der Waals surface area contributed by atoms with Crippen LogP contribution in [0, 0.1) is 0 Å². The molecule has 2 aromatic carbocycles. The minimum absolute atomic E-state index is 0.144. The first-order valence-corrected chi connectivity index (χ1v) is 13.5. The van der Waals surface area contributed by atoms with Crippen molar-refractivity contribution in [3.05, 3.63) is 76.3 Å². The summed E-state index contributed by atoms with van der Waals surface area (Å²) in [6.45, 7) is 4.42. The molecule has 0 atom stereocenters. The average Bonchev–Trinajstić information content (AvgIpc) is 3.53. The van der Waals surface area contributed by atoms with E-state index >= 15 is 0 Å². The Hall–Kier alpha value is -2.68. The van der Waals surface area contributed by atoms with Crippen LogP contribution in [0.15, 0.2) is 59.5 Å². The minimum Gasteiger partial charge on any atom is -0.342 e. The zero-order valence-corrected chi connectivity index (χ0v) is 20.7. The van der Waals surface area contributed by atoms with Gasteiger partial charge in [-0.3, -0.25) is 19.8 Å². The number of aromatic nitrogens is 1. The number of thioether (sulfide) groups is 1. The molecule has 0 bridgehead atoms. The van der Waals surface area contributed by atoms with Crippen molar-refractivity contribution >= 4 is 40.0 Å². The molecule has 1 aromatic heterocycles. The van der Waals surface area contributed by atoms with Crippen LogP contribution < -0.4 is 5.32 Å². The molecular weight excluding hydrogens is 464 g/mol. The highest BCUT2D eigenvalue weighted by molar-refractivity contribution is 8.00. The zero-order valence-electron chi connectivity index (χ0n) is 19.0. The molecule has 34 heavy (non-hydrogen) atoms. The molecule has 1 fully saturated rings. The van der Waals surface area contributed by atoms with Crippen LogP contribution in [0.4, 0.5) is 5.13 Å². The number of nitrogens with zero attached hydrogens (tertiary/aromatic N) is 3. The van der Waals surface area contributed by atoms with Crippen molar-refractivity contribution in [3.63, 3.8) is 0 Å². The van der Waals surface area contributed by atoms with E-state index in [1.165, 1.54) is 22.2 Å². The molecule has 1 N–H and O–H groups in total. The van der Waals surface area contributed by atoms with Gasteiger partial charge in [-0.15, -0.1) is 23.1 Å². The predicted molar refractivity (Wildman–Crippen MR) is 137 cm³/mol. The van der Waals surface area contributed by atoms with E-state index in [1.54, 1.807) is 11.3 Å². The number of carbonyl (C=O) groups is 2. The predicted octanol–water partition coefficient (Wildman–Crippen LogP) is 4.67. The fraction of sp³-hybridized carbons (Fsp3) is 0.346. The summed E-state index contributed by atoms with van der Waals surface area (Å²) < 4.78 is 0. The third kappa shape index (κ3) is 5.51. The Labute approximate surface area is 208 Å². The summed E-state index contributed by atoms with van der Waals surface area (Å²) in [5, 5.41) is 3.65. The molecule has 3 heterocycles. The fourth-order valence-corrected chi connectivity index (χ4v) is 6.42. The maximum absolute atomic E-state index is 13.1. The summed E-state index contributed by atoms with van der Waals surface area (Å²) in [4.78, 5) is 36.6. The molecule has 1 saturated heterocycles. The van der Waals surface area contributed by atoms with Gasteiger partial charge in [0.1, 0.15) is 0 Å². The van der Waals surface area contributed by atoms with Crippen molar-refractivity contribution in [1.29, 1.82) is 0 Å². The van der Waals surface area contributed by atoms with E-state index in [0.717, 1.165) is 62.6 Å². The second kappa shape index (κ2) is 10.7. The Bertz CT molecular complexity index is 1160. The largest absolute Gasteiger partial charge is 0.342 e. The number of rotatable bonds is 7. The van der Waals surface area contributed by atoms with Crippen LogP contribution in [-0.2, 0) is 24.3 Å². The molecule has 8 heteroatoms. The van der Waals surface area contributed by atoms with Crippen LogP contribution >= 0.6 is 23.1 Å². The van der Waals surface area contributed by atoms with Crippen molar-refractivity contribution < 1.29 is 9.59 Å². The highest BCUT2D eigenvalue weighted by Crippen LogP contribution is 2.30. The second-order valence-electron chi connectivity index (χ2n) is 8.66. The third-order valence-corrected chi connectivity index (χ3v) is 8.28. The number of anilines is 1. The highest BCUT2D eigenvalue weighted by atomic mass is 32.2. The maximum atomic E-state index is 13.1. The van der Waals surface area contributed by atoms with Gasteiger partial charge in [-0.05, 0) is 30.5 Å². The fourth-order valence-electron chi connectivity index (χ4n) is 4.42. The molecule has 5 rings (SSSR count). The first-order chi connectivity index (χ1) is 16.7. The number of hydrogen-bond donors (Lipinski definition) is 1. The molecule has 6 nitrogen and oxygen atoms in total. The van der Waals surface area contributed by atoms with Gasteiger partial charge in [0.15, 0.2) is 5.13 Å². The first-order valence-electron chi connectivity index (χ1n) is 11.7. The normalized spacial score (nSPS) is 15.8. The molecule has 0 radical (unpaired) electrons. The molecule has 176 valence electrons. The molecule has 0 aliphatic carbocycles. The minimum atomic E-state index is -0.177. The second-order valence-corrected chi connectivity index (χ2v) is 10.8. The topological polar surface area (TPSA) is 65.5 Å². The molecule has 2 aliphatic rings. The van der Waals surface area contributed by atoms with Crippen molar-refractivity contribution in [2.24, 2.45) is 0 Å². The SMILES string of the molecule is O=C(Nc1nc2c(s1)CN(Cc1ccccc1)CC2)c1ccccc1SCC(=O)N1CCCC1. The molecular formula is C26H28N4O2S2. The number of carbonyl (C=O) groups excluding carboxylic acids is 2. The Morgan fingerprint density at radius 2 is 1.76 bits per heavy atom. The molecule has 0 unspecified atom stereocenters. The van der Waals surface area contributed by atoms with E-state index in [2.05, 4.69) is 34.5 Å². The van der Waals surface area contributed by atoms with Gasteiger partial charge in [0, 0.05) is 48.9 Å². The van der Waals surface area contributed by atoms with Gasteiger partial charge in [0.2, 0.25) is 5.91 Å². The summed E-state index contributed by atoms with van der Waals surface area (Å²) in [7, 11) is 0. The number of benzene rings is 2. The summed E-state index contributed by atoms with van der Waals surface area (Å²) >= 11 is 2.99. The molecule has 2 amide bonds. The van der Waals surface area contributed by atoms with Gasteiger partial charge >= 0.3 is 0 Å². The van der Waals surface area contributed by atoms with Crippen LogP contribution in [0.1, 0.15) is 39.3 Å².